The molecule has 9 heteroatoms. The number of thioether (sulfide) groups is 1. The van der Waals surface area contributed by atoms with E-state index >= 15 is 0 Å². The van der Waals surface area contributed by atoms with Crippen LogP contribution in [0.2, 0.25) is 5.15 Å². The van der Waals surface area contributed by atoms with Gasteiger partial charge in [-0.2, -0.15) is 0 Å². The summed E-state index contributed by atoms with van der Waals surface area (Å²) in [5.41, 5.74) is -0.395. The summed E-state index contributed by atoms with van der Waals surface area (Å²) in [6.45, 7) is 13.9. The predicted molar refractivity (Wildman–Crippen MR) is 119 cm³/mol. The van der Waals surface area contributed by atoms with E-state index in [9.17, 15) is 9.59 Å². The smallest absolute Gasteiger partial charge is 0.230 e. The molecule has 1 aliphatic heterocycles. The molecule has 1 aliphatic rings. The maximum absolute atomic E-state index is 12.6. The fourth-order valence-electron chi connectivity index (χ4n) is 3.06. The van der Waals surface area contributed by atoms with Gasteiger partial charge in [-0.3, -0.25) is 9.59 Å². The van der Waals surface area contributed by atoms with Gasteiger partial charge in [0.15, 0.2) is 5.16 Å². The van der Waals surface area contributed by atoms with E-state index in [0.29, 0.717) is 29.9 Å². The zero-order chi connectivity index (χ0) is 21.8. The van der Waals surface area contributed by atoms with Crippen LogP contribution < -0.4 is 10.2 Å². The zero-order valence-electron chi connectivity index (χ0n) is 18.2. The largest absolute Gasteiger partial charge is 0.353 e. The Labute approximate surface area is 183 Å². The lowest BCUT2D eigenvalue weighted by atomic mass is 9.93. The van der Waals surface area contributed by atoms with Crippen LogP contribution in [0.1, 0.15) is 48.0 Å². The number of rotatable bonds is 6. The Balaban J connectivity index is 2.03. The van der Waals surface area contributed by atoms with Gasteiger partial charge in [0.1, 0.15) is 11.0 Å². The molecule has 0 radical (unpaired) electrons. The molecule has 2 atom stereocenters. The van der Waals surface area contributed by atoms with Crippen molar-refractivity contribution in [3.8, 4) is 0 Å². The van der Waals surface area contributed by atoms with Crippen molar-refractivity contribution in [2.75, 3.05) is 30.3 Å². The minimum absolute atomic E-state index is 0.0441. The van der Waals surface area contributed by atoms with Crippen molar-refractivity contribution in [3.63, 3.8) is 0 Å². The quantitative estimate of drug-likeness (QED) is 0.415. The molecule has 2 unspecified atom stereocenters. The highest BCUT2D eigenvalue weighted by molar-refractivity contribution is 7.99. The second-order valence-electron chi connectivity index (χ2n) is 8.54. The minimum atomic E-state index is -0.395. The monoisotopic (exact) mass is 441 g/mol. The molecule has 0 saturated carbocycles. The van der Waals surface area contributed by atoms with Crippen LogP contribution in [-0.4, -0.2) is 64.2 Å². The van der Waals surface area contributed by atoms with Crippen LogP contribution in [0.3, 0.4) is 0 Å². The van der Waals surface area contributed by atoms with Gasteiger partial charge in [0.2, 0.25) is 11.8 Å². The lowest BCUT2D eigenvalue weighted by Gasteiger charge is -2.42. The summed E-state index contributed by atoms with van der Waals surface area (Å²) in [6, 6.07) is 1.95. The lowest BCUT2D eigenvalue weighted by Crippen LogP contribution is -2.56. The Kier molecular flexibility index (Phi) is 8.17. The number of nitrogens with one attached hydrogen (secondary N) is 1. The van der Waals surface area contributed by atoms with Crippen molar-refractivity contribution in [2.45, 2.75) is 65.2 Å². The van der Waals surface area contributed by atoms with Crippen molar-refractivity contribution < 1.29 is 9.59 Å². The summed E-state index contributed by atoms with van der Waals surface area (Å²) < 4.78 is 0. The number of anilines is 1. The molecule has 1 fully saturated rings. The van der Waals surface area contributed by atoms with Crippen molar-refractivity contribution in [1.82, 2.24) is 20.2 Å². The number of piperazine rings is 1. The molecule has 1 aromatic rings. The third-order valence-electron chi connectivity index (χ3n) is 4.87. The van der Waals surface area contributed by atoms with Gasteiger partial charge < -0.3 is 15.1 Å². The molecule has 2 rings (SSSR count). The highest BCUT2D eigenvalue weighted by Crippen LogP contribution is 2.26. The third-order valence-corrected chi connectivity index (χ3v) is 5.91. The number of aromatic nitrogens is 2. The number of carbonyl (C=O) groups excluding carboxylic acids is 2. The molecule has 1 aromatic heterocycles. The van der Waals surface area contributed by atoms with Crippen LogP contribution in [-0.2, 0) is 9.59 Å². The van der Waals surface area contributed by atoms with Crippen LogP contribution in [0.15, 0.2) is 11.2 Å². The average molecular weight is 442 g/mol. The van der Waals surface area contributed by atoms with Crippen LogP contribution >= 0.6 is 23.4 Å². The number of hydrogen-bond acceptors (Lipinski definition) is 6. The van der Waals surface area contributed by atoms with Gasteiger partial charge in [-0.25, -0.2) is 9.97 Å². The van der Waals surface area contributed by atoms with Crippen LogP contribution in [0.25, 0.3) is 0 Å². The van der Waals surface area contributed by atoms with Gasteiger partial charge in [0.05, 0.1) is 5.75 Å². The first-order valence-corrected chi connectivity index (χ1v) is 11.4. The van der Waals surface area contributed by atoms with E-state index in [1.807, 2.05) is 46.4 Å². The van der Waals surface area contributed by atoms with Crippen LogP contribution in [0, 0.1) is 5.41 Å². The molecule has 162 valence electrons. The minimum Gasteiger partial charge on any atom is -0.353 e. The Hall–Kier alpha value is -1.54. The summed E-state index contributed by atoms with van der Waals surface area (Å²) in [6.07, 6.45) is 0.885. The van der Waals surface area contributed by atoms with Gasteiger partial charge >= 0.3 is 0 Å². The van der Waals surface area contributed by atoms with E-state index < -0.39 is 5.41 Å². The van der Waals surface area contributed by atoms with E-state index in [1.165, 1.54) is 11.8 Å². The van der Waals surface area contributed by atoms with E-state index in [2.05, 4.69) is 20.2 Å². The molecule has 0 spiro atoms. The summed E-state index contributed by atoms with van der Waals surface area (Å²) >= 11 is 7.48. The highest BCUT2D eigenvalue weighted by atomic mass is 35.5. The number of halogens is 1. The molecular formula is C20H32ClN5O2S. The maximum atomic E-state index is 12.6. The molecule has 0 bridgehead atoms. The molecular weight excluding hydrogens is 410 g/mol. The Bertz CT molecular complexity index is 740. The van der Waals surface area contributed by atoms with Crippen LogP contribution in [0.5, 0.6) is 0 Å². The second kappa shape index (κ2) is 9.98. The van der Waals surface area contributed by atoms with Crippen molar-refractivity contribution >= 4 is 41.0 Å². The van der Waals surface area contributed by atoms with E-state index in [-0.39, 0.29) is 29.7 Å². The highest BCUT2D eigenvalue weighted by Gasteiger charge is 2.34. The van der Waals surface area contributed by atoms with E-state index in [4.69, 9.17) is 11.6 Å². The number of carbonyl (C=O) groups is 2. The van der Waals surface area contributed by atoms with E-state index in [1.54, 1.807) is 6.07 Å². The normalized spacial score (nSPS) is 18.5. The molecule has 1 N–H and O–H groups in total. The van der Waals surface area contributed by atoms with Gasteiger partial charge in [-0.1, -0.05) is 51.1 Å². The summed E-state index contributed by atoms with van der Waals surface area (Å²) in [5, 5.41) is 3.76. The molecule has 2 amide bonds. The van der Waals surface area contributed by atoms with Crippen LogP contribution in [0.4, 0.5) is 5.82 Å². The van der Waals surface area contributed by atoms with Gasteiger partial charge in [-0.05, 0) is 20.3 Å². The van der Waals surface area contributed by atoms with Crippen molar-refractivity contribution in [3.05, 3.63) is 11.2 Å². The van der Waals surface area contributed by atoms with Gasteiger partial charge in [0.25, 0.3) is 0 Å². The first kappa shape index (κ1) is 23.7. The first-order valence-electron chi connectivity index (χ1n) is 10.0. The Morgan fingerprint density at radius 3 is 2.62 bits per heavy atom. The number of amides is 2. The molecule has 7 nitrogen and oxygen atoms in total. The number of nitrogens with zero attached hydrogens (tertiary/aromatic N) is 4. The standard InChI is InChI=1S/C20H32ClN5O2S/c1-7-13(2)22-17(27)12-29-19-23-15(21)10-16(24-19)25-8-9-26(14(3)11-25)18(28)20(4,5)6/h10,13-14H,7-9,11-12H2,1-6H3,(H,22,27). The molecule has 29 heavy (non-hydrogen) atoms. The van der Waals surface area contributed by atoms with Crippen molar-refractivity contribution in [2.24, 2.45) is 5.41 Å². The first-order chi connectivity index (χ1) is 13.5. The molecule has 1 saturated heterocycles. The predicted octanol–water partition coefficient (Wildman–Crippen LogP) is 3.22. The zero-order valence-corrected chi connectivity index (χ0v) is 19.7. The number of hydrogen-bond donors (Lipinski definition) is 1. The van der Waals surface area contributed by atoms with Gasteiger partial charge in [0, 0.05) is 43.2 Å². The molecule has 2 heterocycles. The SMILES string of the molecule is CCC(C)NC(=O)CSc1nc(Cl)cc(N2CCN(C(=O)C(C)(C)C)C(C)C2)n1. The maximum Gasteiger partial charge on any atom is 0.230 e. The fraction of sp³-hybridized carbons (Fsp3) is 0.700. The lowest BCUT2D eigenvalue weighted by molar-refractivity contribution is -0.142. The van der Waals surface area contributed by atoms with E-state index in [0.717, 1.165) is 12.2 Å². The second-order valence-corrected chi connectivity index (χ2v) is 9.87. The van der Waals surface area contributed by atoms with Crippen molar-refractivity contribution in [1.29, 1.82) is 0 Å². The third kappa shape index (κ3) is 6.74. The summed E-state index contributed by atoms with van der Waals surface area (Å²) in [4.78, 5) is 37.6. The van der Waals surface area contributed by atoms with Gasteiger partial charge in [-0.15, -0.1) is 0 Å². The molecule has 0 aromatic carbocycles. The topological polar surface area (TPSA) is 78.4 Å². The fourth-order valence-corrected chi connectivity index (χ4v) is 3.95. The summed E-state index contributed by atoms with van der Waals surface area (Å²) in [5.74, 6) is 1.09. The Morgan fingerprint density at radius 2 is 2.03 bits per heavy atom. The molecule has 0 aliphatic carbocycles. The Morgan fingerprint density at radius 1 is 1.34 bits per heavy atom. The summed E-state index contributed by atoms with van der Waals surface area (Å²) in [7, 11) is 0. The average Bonchev–Trinajstić information content (AvgIpc) is 2.64.